The van der Waals surface area contributed by atoms with E-state index in [1.54, 1.807) is 6.07 Å². The smallest absolute Gasteiger partial charge is 0.116 e. The van der Waals surface area contributed by atoms with E-state index in [0.717, 1.165) is 24.8 Å². The standard InChI is InChI=1S/C21H30N2O/c1-4-13(2)9-15-10-18-14(3)23(12-15)8-7-17-19-11-16(24)5-6-20(19)22-21(17)18/h5-6,11,13-15,18,22,24H,4,7-10,12H2,1-3H3/t13?,14?,15-,18+/m0/s1. The summed E-state index contributed by atoms with van der Waals surface area (Å²) in [5.41, 5.74) is 4.08. The molecule has 24 heavy (non-hydrogen) atoms. The minimum Gasteiger partial charge on any atom is -0.508 e. The van der Waals surface area contributed by atoms with Crippen molar-refractivity contribution >= 4 is 10.9 Å². The van der Waals surface area contributed by atoms with Crippen molar-refractivity contribution in [3.05, 3.63) is 29.5 Å². The highest BCUT2D eigenvalue weighted by molar-refractivity contribution is 5.86. The minimum atomic E-state index is 0.375. The maximum atomic E-state index is 9.90. The Morgan fingerprint density at radius 3 is 3.00 bits per heavy atom. The van der Waals surface area contributed by atoms with E-state index in [9.17, 15) is 5.11 Å². The number of aromatic nitrogens is 1. The Bertz CT molecular complexity index is 735. The number of H-pyrrole nitrogens is 1. The predicted octanol–water partition coefficient (Wildman–Crippen LogP) is 4.66. The summed E-state index contributed by atoms with van der Waals surface area (Å²) >= 11 is 0. The van der Waals surface area contributed by atoms with E-state index in [-0.39, 0.29) is 0 Å². The molecular formula is C21H30N2O. The summed E-state index contributed by atoms with van der Waals surface area (Å²) in [6, 6.07) is 6.37. The van der Waals surface area contributed by atoms with Crippen LogP contribution in [-0.2, 0) is 6.42 Å². The number of nitrogens with zero attached hydrogens (tertiary/aromatic N) is 1. The summed E-state index contributed by atoms with van der Waals surface area (Å²) in [7, 11) is 0. The Labute approximate surface area is 145 Å². The molecule has 5 atom stereocenters. The molecule has 3 nitrogen and oxygen atoms in total. The van der Waals surface area contributed by atoms with Crippen LogP contribution in [0.25, 0.3) is 10.9 Å². The molecule has 2 aromatic rings. The molecule has 0 spiro atoms. The molecule has 0 saturated carbocycles. The molecule has 0 aliphatic carbocycles. The van der Waals surface area contributed by atoms with Crippen LogP contribution in [0.1, 0.15) is 57.2 Å². The average Bonchev–Trinajstić information content (AvgIpc) is 2.89. The molecule has 3 heteroatoms. The molecule has 2 bridgehead atoms. The Morgan fingerprint density at radius 2 is 2.21 bits per heavy atom. The molecule has 2 aliphatic heterocycles. The topological polar surface area (TPSA) is 39.3 Å². The van der Waals surface area contributed by atoms with Gasteiger partial charge in [0.05, 0.1) is 0 Å². The lowest BCUT2D eigenvalue weighted by Crippen LogP contribution is -2.46. The molecule has 1 fully saturated rings. The first-order chi connectivity index (χ1) is 11.6. The summed E-state index contributed by atoms with van der Waals surface area (Å²) in [6.45, 7) is 9.52. The summed E-state index contributed by atoms with van der Waals surface area (Å²) in [4.78, 5) is 6.43. The highest BCUT2D eigenvalue weighted by Gasteiger charge is 2.38. The van der Waals surface area contributed by atoms with Gasteiger partial charge in [0, 0.05) is 41.6 Å². The van der Waals surface area contributed by atoms with Crippen molar-refractivity contribution in [1.82, 2.24) is 9.88 Å². The van der Waals surface area contributed by atoms with Crippen molar-refractivity contribution in [2.45, 2.75) is 58.4 Å². The zero-order valence-corrected chi connectivity index (χ0v) is 15.2. The fourth-order valence-corrected chi connectivity index (χ4v) is 5.04. The van der Waals surface area contributed by atoms with Crippen LogP contribution < -0.4 is 0 Å². The lowest BCUT2D eigenvalue weighted by atomic mass is 9.78. The van der Waals surface area contributed by atoms with Gasteiger partial charge in [-0.3, -0.25) is 4.90 Å². The van der Waals surface area contributed by atoms with E-state index < -0.39 is 0 Å². The van der Waals surface area contributed by atoms with Crippen LogP contribution in [0.2, 0.25) is 0 Å². The van der Waals surface area contributed by atoms with E-state index in [2.05, 4.69) is 30.7 Å². The lowest BCUT2D eigenvalue weighted by Gasteiger charge is -2.42. The number of piperidine rings is 1. The highest BCUT2D eigenvalue weighted by Crippen LogP contribution is 2.43. The van der Waals surface area contributed by atoms with Gasteiger partial charge < -0.3 is 10.1 Å². The van der Waals surface area contributed by atoms with Gasteiger partial charge in [-0.05, 0) is 61.8 Å². The van der Waals surface area contributed by atoms with E-state index in [0.29, 0.717) is 17.7 Å². The second-order valence-corrected chi connectivity index (χ2v) is 8.19. The SMILES string of the molecule is CCC(C)C[C@H]1C[C@H]2c3[nH]c4ccc(O)cc4c3CCN(C1)C2C. The largest absolute Gasteiger partial charge is 0.508 e. The summed E-state index contributed by atoms with van der Waals surface area (Å²) in [5.74, 6) is 2.61. The number of phenolic OH excluding ortho intramolecular Hbond substituents is 1. The maximum Gasteiger partial charge on any atom is 0.116 e. The summed E-state index contributed by atoms with van der Waals surface area (Å²) < 4.78 is 0. The fraction of sp³-hybridized carbons (Fsp3) is 0.619. The van der Waals surface area contributed by atoms with E-state index in [1.807, 2.05) is 12.1 Å². The van der Waals surface area contributed by atoms with Crippen molar-refractivity contribution in [1.29, 1.82) is 0 Å². The molecule has 0 radical (unpaired) electrons. The van der Waals surface area contributed by atoms with E-state index in [1.165, 1.54) is 48.0 Å². The van der Waals surface area contributed by atoms with Crippen molar-refractivity contribution in [2.75, 3.05) is 13.1 Å². The molecule has 1 aromatic carbocycles. The second-order valence-electron chi connectivity index (χ2n) is 8.19. The lowest BCUT2D eigenvalue weighted by molar-refractivity contribution is 0.0921. The van der Waals surface area contributed by atoms with E-state index >= 15 is 0 Å². The Morgan fingerprint density at radius 1 is 1.38 bits per heavy atom. The molecule has 3 unspecified atom stereocenters. The number of hydrogen-bond donors (Lipinski definition) is 2. The first-order valence-corrected chi connectivity index (χ1v) is 9.64. The Kier molecular flexibility index (Phi) is 4.07. The van der Waals surface area contributed by atoms with Crippen LogP contribution in [0.4, 0.5) is 0 Å². The van der Waals surface area contributed by atoms with Gasteiger partial charge in [-0.15, -0.1) is 0 Å². The number of hydrogen-bond acceptors (Lipinski definition) is 2. The molecule has 130 valence electrons. The monoisotopic (exact) mass is 326 g/mol. The zero-order valence-electron chi connectivity index (χ0n) is 15.2. The molecule has 1 aromatic heterocycles. The molecule has 4 rings (SSSR count). The average molecular weight is 326 g/mol. The predicted molar refractivity (Wildman–Crippen MR) is 99.6 cm³/mol. The molecule has 2 aliphatic rings. The number of rotatable bonds is 3. The number of aromatic amines is 1. The molecule has 2 N–H and O–H groups in total. The van der Waals surface area contributed by atoms with Crippen LogP contribution >= 0.6 is 0 Å². The minimum absolute atomic E-state index is 0.375. The molecule has 3 heterocycles. The van der Waals surface area contributed by atoms with Gasteiger partial charge in [0.2, 0.25) is 0 Å². The first kappa shape index (κ1) is 16.0. The highest BCUT2D eigenvalue weighted by atomic mass is 16.3. The van der Waals surface area contributed by atoms with Gasteiger partial charge in [0.25, 0.3) is 0 Å². The molecule has 1 saturated heterocycles. The van der Waals surface area contributed by atoms with Crippen LogP contribution in [0.3, 0.4) is 0 Å². The van der Waals surface area contributed by atoms with Crippen LogP contribution in [-0.4, -0.2) is 34.1 Å². The van der Waals surface area contributed by atoms with Crippen molar-refractivity contribution in [2.24, 2.45) is 11.8 Å². The third-order valence-corrected chi connectivity index (χ3v) is 6.61. The second kappa shape index (κ2) is 6.11. The number of nitrogens with one attached hydrogen (secondary N) is 1. The quantitative estimate of drug-likeness (QED) is 0.861. The molecular weight excluding hydrogens is 296 g/mol. The Hall–Kier alpha value is -1.48. The van der Waals surface area contributed by atoms with Gasteiger partial charge in [0.1, 0.15) is 5.75 Å². The van der Waals surface area contributed by atoms with Crippen molar-refractivity contribution in [3.63, 3.8) is 0 Å². The van der Waals surface area contributed by atoms with Gasteiger partial charge >= 0.3 is 0 Å². The third-order valence-electron chi connectivity index (χ3n) is 6.61. The third kappa shape index (κ3) is 2.63. The van der Waals surface area contributed by atoms with Crippen LogP contribution in [0, 0.1) is 11.8 Å². The fourth-order valence-electron chi connectivity index (χ4n) is 5.04. The zero-order chi connectivity index (χ0) is 16.8. The summed E-state index contributed by atoms with van der Waals surface area (Å²) in [5, 5.41) is 11.1. The van der Waals surface area contributed by atoms with E-state index in [4.69, 9.17) is 0 Å². The normalized spacial score (nSPS) is 30.8. The molecule has 0 amide bonds. The summed E-state index contributed by atoms with van der Waals surface area (Å²) in [6.07, 6.45) is 5.03. The number of benzene rings is 1. The van der Waals surface area contributed by atoms with Crippen molar-refractivity contribution in [3.8, 4) is 5.75 Å². The number of aromatic hydroxyl groups is 1. The van der Waals surface area contributed by atoms with Crippen molar-refractivity contribution < 1.29 is 5.11 Å². The van der Waals surface area contributed by atoms with Crippen LogP contribution in [0.5, 0.6) is 5.75 Å². The van der Waals surface area contributed by atoms with Gasteiger partial charge in [-0.1, -0.05) is 20.3 Å². The van der Waals surface area contributed by atoms with Gasteiger partial charge in [0.15, 0.2) is 0 Å². The Balaban J connectivity index is 1.72. The number of phenols is 1. The van der Waals surface area contributed by atoms with Gasteiger partial charge in [-0.2, -0.15) is 0 Å². The van der Waals surface area contributed by atoms with Gasteiger partial charge in [-0.25, -0.2) is 0 Å². The van der Waals surface area contributed by atoms with Crippen LogP contribution in [0.15, 0.2) is 18.2 Å². The maximum absolute atomic E-state index is 9.90. The number of fused-ring (bicyclic) bond motifs is 6. The first-order valence-electron chi connectivity index (χ1n) is 9.64.